The molecule has 1 saturated heterocycles. The molecule has 0 radical (unpaired) electrons. The molecular weight excluding hydrogens is 348 g/mol. The lowest BCUT2D eigenvalue weighted by atomic mass is 10.0. The van der Waals surface area contributed by atoms with Gasteiger partial charge >= 0.3 is 5.97 Å². The first kappa shape index (κ1) is 19.1. The van der Waals surface area contributed by atoms with E-state index in [0.717, 1.165) is 4.31 Å². The molecule has 0 aliphatic carbocycles. The SMILES string of the molecule is CC(=O)c1ccc(S(=O)(=O)N2CCCCC2C(=O)NCC(=O)O)cc1. The molecule has 0 saturated carbocycles. The zero-order chi connectivity index (χ0) is 18.6. The minimum absolute atomic E-state index is 0.00423. The molecule has 2 rings (SSSR count). The molecule has 0 aromatic heterocycles. The molecule has 1 fully saturated rings. The number of nitrogens with zero attached hydrogens (tertiary/aromatic N) is 1. The molecule has 1 aromatic rings. The van der Waals surface area contributed by atoms with Gasteiger partial charge in [-0.3, -0.25) is 14.4 Å². The number of nitrogens with one attached hydrogen (secondary N) is 1. The second-order valence-corrected chi connectivity index (χ2v) is 7.71. The van der Waals surface area contributed by atoms with Gasteiger partial charge in [0.15, 0.2) is 5.78 Å². The number of Topliss-reactive ketones (excluding diaryl/α,β-unsaturated/α-hetero) is 1. The lowest BCUT2D eigenvalue weighted by molar-refractivity contribution is -0.138. The number of sulfonamides is 1. The molecule has 2 N–H and O–H groups in total. The van der Waals surface area contributed by atoms with Crippen LogP contribution in [-0.4, -0.2) is 54.6 Å². The van der Waals surface area contributed by atoms with Crippen molar-refractivity contribution in [3.05, 3.63) is 29.8 Å². The number of carbonyl (C=O) groups is 3. The average molecular weight is 368 g/mol. The minimum Gasteiger partial charge on any atom is -0.480 e. The van der Waals surface area contributed by atoms with Crippen LogP contribution in [-0.2, 0) is 19.6 Å². The Kier molecular flexibility index (Phi) is 5.91. The monoisotopic (exact) mass is 368 g/mol. The number of aliphatic carboxylic acids is 1. The Hall–Kier alpha value is -2.26. The van der Waals surface area contributed by atoms with E-state index >= 15 is 0 Å². The quantitative estimate of drug-likeness (QED) is 0.711. The summed E-state index contributed by atoms with van der Waals surface area (Å²) in [6.07, 6.45) is 1.63. The van der Waals surface area contributed by atoms with Crippen LogP contribution in [0.5, 0.6) is 0 Å². The standard InChI is InChI=1S/C16H20N2O6S/c1-11(19)12-5-7-13(8-6-12)25(23,24)18-9-3-2-4-14(18)16(22)17-10-15(20)21/h5-8,14H,2-4,9-10H2,1H3,(H,17,22)(H,20,21). The molecule has 1 unspecified atom stereocenters. The van der Waals surface area contributed by atoms with E-state index in [1.54, 1.807) is 0 Å². The van der Waals surface area contributed by atoms with Crippen molar-refractivity contribution in [2.24, 2.45) is 0 Å². The van der Waals surface area contributed by atoms with Gasteiger partial charge in [-0.25, -0.2) is 8.42 Å². The summed E-state index contributed by atoms with van der Waals surface area (Å²) < 4.78 is 26.8. The Morgan fingerprint density at radius 1 is 1.20 bits per heavy atom. The third-order valence-corrected chi connectivity index (χ3v) is 5.96. The molecule has 1 amide bonds. The highest BCUT2D eigenvalue weighted by Crippen LogP contribution is 2.25. The Morgan fingerprint density at radius 3 is 2.40 bits per heavy atom. The summed E-state index contributed by atoms with van der Waals surface area (Å²) in [6, 6.07) is 4.60. The van der Waals surface area contributed by atoms with Crippen LogP contribution in [0.4, 0.5) is 0 Å². The second kappa shape index (κ2) is 7.75. The van der Waals surface area contributed by atoms with Crippen LogP contribution < -0.4 is 5.32 Å². The molecule has 1 aromatic carbocycles. The molecule has 1 heterocycles. The molecule has 1 atom stereocenters. The summed E-state index contributed by atoms with van der Waals surface area (Å²) in [7, 11) is -3.92. The van der Waals surface area contributed by atoms with Gasteiger partial charge in [0.05, 0.1) is 4.90 Å². The molecule has 9 heteroatoms. The number of carboxylic acids is 1. The number of piperidine rings is 1. The van der Waals surface area contributed by atoms with E-state index in [4.69, 9.17) is 5.11 Å². The van der Waals surface area contributed by atoms with E-state index in [2.05, 4.69) is 5.32 Å². The van der Waals surface area contributed by atoms with Crippen molar-refractivity contribution >= 4 is 27.7 Å². The minimum atomic E-state index is -3.92. The molecule has 1 aliphatic rings. The van der Waals surface area contributed by atoms with Gasteiger partial charge in [0.25, 0.3) is 0 Å². The molecule has 8 nitrogen and oxygen atoms in total. The van der Waals surface area contributed by atoms with Gasteiger partial charge in [0, 0.05) is 12.1 Å². The van der Waals surface area contributed by atoms with E-state index in [-0.39, 0.29) is 17.2 Å². The van der Waals surface area contributed by atoms with E-state index in [1.807, 2.05) is 0 Å². The summed E-state index contributed by atoms with van der Waals surface area (Å²) in [4.78, 5) is 34.1. The second-order valence-electron chi connectivity index (χ2n) is 5.82. The Balaban J connectivity index is 2.26. The van der Waals surface area contributed by atoms with Gasteiger partial charge in [-0.2, -0.15) is 4.31 Å². The fourth-order valence-electron chi connectivity index (χ4n) is 2.73. The predicted molar refractivity (Wildman–Crippen MR) is 88.6 cm³/mol. The molecular formula is C16H20N2O6S. The summed E-state index contributed by atoms with van der Waals surface area (Å²) in [5, 5.41) is 10.9. The molecule has 0 bridgehead atoms. The topological polar surface area (TPSA) is 121 Å². The maximum atomic E-state index is 12.9. The Bertz CT molecular complexity index is 772. The van der Waals surface area contributed by atoms with E-state index < -0.39 is 34.5 Å². The Morgan fingerprint density at radius 2 is 1.84 bits per heavy atom. The van der Waals surface area contributed by atoms with Crippen LogP contribution in [0.25, 0.3) is 0 Å². The number of hydrogen-bond acceptors (Lipinski definition) is 5. The van der Waals surface area contributed by atoms with Crippen LogP contribution in [0.1, 0.15) is 36.5 Å². The highest BCUT2D eigenvalue weighted by Gasteiger charge is 2.37. The van der Waals surface area contributed by atoms with E-state index in [9.17, 15) is 22.8 Å². The number of carbonyl (C=O) groups excluding carboxylic acids is 2. The fourth-order valence-corrected chi connectivity index (χ4v) is 4.39. The Labute approximate surface area is 145 Å². The highest BCUT2D eigenvalue weighted by molar-refractivity contribution is 7.89. The van der Waals surface area contributed by atoms with E-state index in [1.165, 1.54) is 31.2 Å². The van der Waals surface area contributed by atoms with Gasteiger partial charge in [-0.05, 0) is 31.9 Å². The third-order valence-electron chi connectivity index (χ3n) is 4.04. The molecule has 136 valence electrons. The first-order valence-corrected chi connectivity index (χ1v) is 9.30. The van der Waals surface area contributed by atoms with Crippen LogP contribution in [0.3, 0.4) is 0 Å². The normalized spacial score (nSPS) is 18.5. The van der Waals surface area contributed by atoms with Crippen molar-refractivity contribution in [2.45, 2.75) is 37.1 Å². The molecule has 1 aliphatic heterocycles. The maximum absolute atomic E-state index is 12.9. The van der Waals surface area contributed by atoms with Crippen molar-refractivity contribution in [2.75, 3.05) is 13.1 Å². The lowest BCUT2D eigenvalue weighted by Gasteiger charge is -2.33. The van der Waals surface area contributed by atoms with Gasteiger partial charge in [0.1, 0.15) is 12.6 Å². The fraction of sp³-hybridized carbons (Fsp3) is 0.438. The summed E-state index contributed by atoms with van der Waals surface area (Å²) in [5.74, 6) is -1.99. The number of ketones is 1. The number of hydrogen-bond donors (Lipinski definition) is 2. The third kappa shape index (κ3) is 4.43. The highest BCUT2D eigenvalue weighted by atomic mass is 32.2. The zero-order valence-electron chi connectivity index (χ0n) is 13.8. The van der Waals surface area contributed by atoms with Crippen molar-refractivity contribution in [3.8, 4) is 0 Å². The van der Waals surface area contributed by atoms with Gasteiger partial charge < -0.3 is 10.4 Å². The molecule has 0 spiro atoms. The van der Waals surface area contributed by atoms with Gasteiger partial charge in [0.2, 0.25) is 15.9 Å². The smallest absolute Gasteiger partial charge is 0.322 e. The van der Waals surface area contributed by atoms with Gasteiger partial charge in [-0.15, -0.1) is 0 Å². The number of benzene rings is 1. The summed E-state index contributed by atoms with van der Waals surface area (Å²) in [5.41, 5.74) is 0.397. The van der Waals surface area contributed by atoms with Crippen LogP contribution in [0.2, 0.25) is 0 Å². The lowest BCUT2D eigenvalue weighted by Crippen LogP contribution is -2.52. The van der Waals surface area contributed by atoms with Crippen molar-refractivity contribution in [3.63, 3.8) is 0 Å². The number of amides is 1. The van der Waals surface area contributed by atoms with Crippen LogP contribution in [0.15, 0.2) is 29.2 Å². The van der Waals surface area contributed by atoms with Crippen LogP contribution >= 0.6 is 0 Å². The van der Waals surface area contributed by atoms with Crippen molar-refractivity contribution in [1.82, 2.24) is 9.62 Å². The van der Waals surface area contributed by atoms with Crippen molar-refractivity contribution in [1.29, 1.82) is 0 Å². The van der Waals surface area contributed by atoms with Crippen molar-refractivity contribution < 1.29 is 27.9 Å². The maximum Gasteiger partial charge on any atom is 0.322 e. The summed E-state index contributed by atoms with van der Waals surface area (Å²) in [6.45, 7) is 1.01. The largest absolute Gasteiger partial charge is 0.480 e. The first-order valence-electron chi connectivity index (χ1n) is 7.86. The van der Waals surface area contributed by atoms with Crippen LogP contribution in [0, 0.1) is 0 Å². The summed E-state index contributed by atoms with van der Waals surface area (Å²) >= 11 is 0. The number of rotatable bonds is 6. The van der Waals surface area contributed by atoms with E-state index in [0.29, 0.717) is 24.8 Å². The average Bonchev–Trinajstić information content (AvgIpc) is 2.59. The molecule has 25 heavy (non-hydrogen) atoms. The zero-order valence-corrected chi connectivity index (χ0v) is 14.6. The predicted octanol–water partition coefficient (Wildman–Crippen LogP) is 0.633. The van der Waals surface area contributed by atoms with Gasteiger partial charge in [-0.1, -0.05) is 18.6 Å². The number of carboxylic acid groups (broad SMARTS) is 1. The first-order chi connectivity index (χ1) is 11.7.